The molecule has 0 aliphatic rings. The number of rotatable bonds is 4. The van der Waals surface area contributed by atoms with Gasteiger partial charge in [0.1, 0.15) is 0 Å². The smallest absolute Gasteiger partial charge is 0.0407 e. The molecule has 2 heteroatoms. The summed E-state index contributed by atoms with van der Waals surface area (Å²) in [6.07, 6.45) is 5.26. The Morgan fingerprint density at radius 3 is 2.69 bits per heavy atom. The zero-order chi connectivity index (χ0) is 9.68. The molecule has 1 aromatic rings. The molecule has 0 aliphatic carbocycles. The maximum Gasteiger partial charge on any atom is 0.0407 e. The number of aryl methyl sites for hydroxylation is 2. The molecular weight excluding hydrogens is 160 g/mol. The summed E-state index contributed by atoms with van der Waals surface area (Å²) in [4.78, 5) is 4.29. The van der Waals surface area contributed by atoms with Crippen molar-refractivity contribution in [2.45, 2.75) is 33.1 Å². The lowest BCUT2D eigenvalue weighted by Crippen LogP contribution is -2.01. The van der Waals surface area contributed by atoms with E-state index in [1.54, 1.807) is 0 Å². The quantitative estimate of drug-likeness (QED) is 0.716. The van der Waals surface area contributed by atoms with Gasteiger partial charge in [-0.15, -0.1) is 0 Å². The number of hydrogen-bond acceptors (Lipinski definition) is 2. The van der Waals surface area contributed by atoms with Crippen LogP contribution in [-0.4, -0.2) is 11.5 Å². The van der Waals surface area contributed by atoms with Crippen LogP contribution in [0.1, 0.15) is 29.7 Å². The van der Waals surface area contributed by atoms with Crippen LogP contribution in [0.15, 0.2) is 12.3 Å². The van der Waals surface area contributed by atoms with E-state index < -0.39 is 0 Å². The second kappa shape index (κ2) is 4.97. The molecular formula is C11H18N2. The van der Waals surface area contributed by atoms with Crippen molar-refractivity contribution in [3.05, 3.63) is 29.1 Å². The molecule has 72 valence electrons. The van der Waals surface area contributed by atoms with Crippen LogP contribution in [0.2, 0.25) is 0 Å². The van der Waals surface area contributed by atoms with Gasteiger partial charge in [0, 0.05) is 11.9 Å². The van der Waals surface area contributed by atoms with Gasteiger partial charge in [0.05, 0.1) is 0 Å². The lowest BCUT2D eigenvalue weighted by Gasteiger charge is -2.07. The van der Waals surface area contributed by atoms with Crippen molar-refractivity contribution in [2.75, 3.05) is 6.54 Å². The topological polar surface area (TPSA) is 38.9 Å². The lowest BCUT2D eigenvalue weighted by atomic mass is 10.0. The molecule has 2 nitrogen and oxygen atoms in total. The molecule has 0 amide bonds. The van der Waals surface area contributed by atoms with E-state index in [9.17, 15) is 0 Å². The summed E-state index contributed by atoms with van der Waals surface area (Å²) in [5.74, 6) is 0. The number of nitrogens with zero attached hydrogens (tertiary/aromatic N) is 1. The maximum absolute atomic E-state index is 5.45. The summed E-state index contributed by atoms with van der Waals surface area (Å²) in [5, 5.41) is 0. The summed E-state index contributed by atoms with van der Waals surface area (Å²) in [6, 6.07) is 2.07. The first-order chi connectivity index (χ1) is 6.25. The molecule has 0 bridgehead atoms. The molecule has 2 N–H and O–H groups in total. The van der Waals surface area contributed by atoms with Crippen molar-refractivity contribution in [3.8, 4) is 0 Å². The SMILES string of the molecule is Cc1ccnc(C)c1CCCCN. The van der Waals surface area contributed by atoms with Crippen molar-refractivity contribution in [1.29, 1.82) is 0 Å². The molecule has 13 heavy (non-hydrogen) atoms. The zero-order valence-corrected chi connectivity index (χ0v) is 8.51. The van der Waals surface area contributed by atoms with Crippen molar-refractivity contribution >= 4 is 0 Å². The fraction of sp³-hybridized carbons (Fsp3) is 0.545. The molecule has 1 aromatic heterocycles. The molecule has 1 heterocycles. The Hall–Kier alpha value is -0.890. The molecule has 0 radical (unpaired) electrons. The van der Waals surface area contributed by atoms with Crippen LogP contribution in [0.5, 0.6) is 0 Å². The Labute approximate surface area is 80.2 Å². The zero-order valence-electron chi connectivity index (χ0n) is 8.51. The molecule has 0 fully saturated rings. The van der Waals surface area contributed by atoms with Gasteiger partial charge in [-0.1, -0.05) is 0 Å². The Morgan fingerprint density at radius 1 is 1.31 bits per heavy atom. The van der Waals surface area contributed by atoms with E-state index in [0.717, 1.165) is 25.1 Å². The highest BCUT2D eigenvalue weighted by atomic mass is 14.7. The fourth-order valence-corrected chi connectivity index (χ4v) is 1.55. The minimum Gasteiger partial charge on any atom is -0.330 e. The standard InChI is InChI=1S/C11H18N2/c1-9-6-8-13-10(2)11(9)5-3-4-7-12/h6,8H,3-5,7,12H2,1-2H3. The summed E-state index contributed by atoms with van der Waals surface area (Å²) >= 11 is 0. The van der Waals surface area contributed by atoms with E-state index in [4.69, 9.17) is 5.73 Å². The third-order valence-electron chi connectivity index (χ3n) is 2.39. The average Bonchev–Trinajstić information content (AvgIpc) is 2.10. The molecule has 0 saturated carbocycles. The molecule has 0 aromatic carbocycles. The third kappa shape index (κ3) is 2.81. The van der Waals surface area contributed by atoms with Crippen molar-refractivity contribution in [3.63, 3.8) is 0 Å². The first-order valence-electron chi connectivity index (χ1n) is 4.87. The lowest BCUT2D eigenvalue weighted by molar-refractivity contribution is 0.736. The summed E-state index contributed by atoms with van der Waals surface area (Å²) in [7, 11) is 0. The molecule has 0 saturated heterocycles. The first-order valence-corrected chi connectivity index (χ1v) is 4.87. The second-order valence-electron chi connectivity index (χ2n) is 3.44. The van der Waals surface area contributed by atoms with Crippen LogP contribution in [-0.2, 0) is 6.42 Å². The van der Waals surface area contributed by atoms with E-state index in [0.29, 0.717) is 0 Å². The van der Waals surface area contributed by atoms with E-state index in [-0.39, 0.29) is 0 Å². The van der Waals surface area contributed by atoms with Gasteiger partial charge in [0.2, 0.25) is 0 Å². The van der Waals surface area contributed by atoms with Crippen molar-refractivity contribution in [2.24, 2.45) is 5.73 Å². The van der Waals surface area contributed by atoms with Gasteiger partial charge >= 0.3 is 0 Å². The predicted molar refractivity (Wildman–Crippen MR) is 55.7 cm³/mol. The van der Waals surface area contributed by atoms with E-state index in [1.807, 2.05) is 6.20 Å². The number of nitrogens with two attached hydrogens (primary N) is 1. The normalized spacial score (nSPS) is 10.4. The molecule has 0 unspecified atom stereocenters. The molecule has 1 rings (SSSR count). The van der Waals surface area contributed by atoms with Crippen LogP contribution < -0.4 is 5.73 Å². The van der Waals surface area contributed by atoms with E-state index in [1.165, 1.54) is 17.5 Å². The first kappa shape index (κ1) is 10.2. The van der Waals surface area contributed by atoms with Crippen LogP contribution in [0.4, 0.5) is 0 Å². The highest BCUT2D eigenvalue weighted by Crippen LogP contribution is 2.13. The predicted octanol–water partition coefficient (Wildman–Crippen LogP) is 1.98. The van der Waals surface area contributed by atoms with Gasteiger partial charge in [-0.05, 0) is 56.8 Å². The van der Waals surface area contributed by atoms with Gasteiger partial charge in [-0.2, -0.15) is 0 Å². The monoisotopic (exact) mass is 178 g/mol. The summed E-state index contributed by atoms with van der Waals surface area (Å²) in [6.45, 7) is 5.01. The van der Waals surface area contributed by atoms with E-state index in [2.05, 4.69) is 24.9 Å². The second-order valence-corrected chi connectivity index (χ2v) is 3.44. The molecule has 0 spiro atoms. The number of pyridine rings is 1. The van der Waals surface area contributed by atoms with Gasteiger partial charge in [-0.3, -0.25) is 4.98 Å². The maximum atomic E-state index is 5.45. The Balaban J connectivity index is 2.64. The van der Waals surface area contributed by atoms with Crippen LogP contribution in [0.3, 0.4) is 0 Å². The highest BCUT2D eigenvalue weighted by Gasteiger charge is 2.01. The number of aromatic nitrogens is 1. The van der Waals surface area contributed by atoms with Crippen molar-refractivity contribution < 1.29 is 0 Å². The summed E-state index contributed by atoms with van der Waals surface area (Å²) in [5.41, 5.74) is 9.37. The minimum absolute atomic E-state index is 0.790. The Morgan fingerprint density at radius 2 is 2.08 bits per heavy atom. The average molecular weight is 178 g/mol. The van der Waals surface area contributed by atoms with Gasteiger partial charge in [0.25, 0.3) is 0 Å². The summed E-state index contributed by atoms with van der Waals surface area (Å²) < 4.78 is 0. The fourth-order valence-electron chi connectivity index (χ4n) is 1.55. The third-order valence-corrected chi connectivity index (χ3v) is 2.39. The van der Waals surface area contributed by atoms with Crippen molar-refractivity contribution in [1.82, 2.24) is 4.98 Å². The molecule has 0 atom stereocenters. The van der Waals surface area contributed by atoms with Crippen LogP contribution in [0, 0.1) is 13.8 Å². The van der Waals surface area contributed by atoms with Crippen LogP contribution in [0.25, 0.3) is 0 Å². The molecule has 0 aliphatic heterocycles. The number of unbranched alkanes of at least 4 members (excludes halogenated alkanes) is 1. The Bertz CT molecular complexity index is 249. The minimum atomic E-state index is 0.790. The largest absolute Gasteiger partial charge is 0.330 e. The van der Waals surface area contributed by atoms with Gasteiger partial charge in [-0.25, -0.2) is 0 Å². The van der Waals surface area contributed by atoms with Crippen LogP contribution >= 0.6 is 0 Å². The Kier molecular flexibility index (Phi) is 3.90. The number of hydrogen-bond donors (Lipinski definition) is 1. The highest BCUT2D eigenvalue weighted by molar-refractivity contribution is 5.28. The van der Waals surface area contributed by atoms with Gasteiger partial charge in [0.15, 0.2) is 0 Å². The van der Waals surface area contributed by atoms with E-state index >= 15 is 0 Å². The van der Waals surface area contributed by atoms with Gasteiger partial charge < -0.3 is 5.73 Å².